The molecule has 0 bridgehead atoms. The summed E-state index contributed by atoms with van der Waals surface area (Å²) in [5.74, 6) is 0.234. The van der Waals surface area contributed by atoms with E-state index in [0.29, 0.717) is 6.42 Å². The molecule has 0 saturated heterocycles. The number of hydrogen-bond acceptors (Lipinski definition) is 4. The molecule has 1 aliphatic heterocycles. The van der Waals surface area contributed by atoms with E-state index >= 15 is 0 Å². The molecular weight excluding hydrogens is 330 g/mol. The fraction of sp³-hybridized carbons (Fsp3) is 0.400. The average molecular weight is 353 g/mol. The molecule has 6 heteroatoms. The van der Waals surface area contributed by atoms with Crippen molar-refractivity contribution >= 4 is 16.9 Å². The van der Waals surface area contributed by atoms with Gasteiger partial charge in [0.05, 0.1) is 30.9 Å². The van der Waals surface area contributed by atoms with Crippen LogP contribution in [0.25, 0.3) is 11.0 Å². The number of carboxylic acid groups (broad SMARTS) is 1. The molecule has 4 rings (SSSR count). The lowest BCUT2D eigenvalue weighted by molar-refractivity contribution is -0.136. The van der Waals surface area contributed by atoms with E-state index < -0.39 is 5.97 Å². The minimum Gasteiger partial charge on any atom is -0.481 e. The number of rotatable bonds is 5. The van der Waals surface area contributed by atoms with Gasteiger partial charge in [0.25, 0.3) is 0 Å². The van der Waals surface area contributed by atoms with Crippen LogP contribution < -0.4 is 0 Å². The predicted molar refractivity (Wildman–Crippen MR) is 98.0 cm³/mol. The smallest absolute Gasteiger partial charge is 0.303 e. The summed E-state index contributed by atoms with van der Waals surface area (Å²) in [6.45, 7) is 7.52. The summed E-state index contributed by atoms with van der Waals surface area (Å²) in [5, 5.41) is 14.6. The van der Waals surface area contributed by atoms with Crippen LogP contribution in [0.3, 0.4) is 0 Å². The molecule has 6 nitrogen and oxygen atoms in total. The highest BCUT2D eigenvalue weighted by molar-refractivity contribution is 5.82. The van der Waals surface area contributed by atoms with E-state index in [4.69, 9.17) is 9.52 Å². The zero-order valence-corrected chi connectivity index (χ0v) is 15.2. The normalized spacial score (nSPS) is 14.7. The van der Waals surface area contributed by atoms with Crippen molar-refractivity contribution < 1.29 is 14.3 Å². The SMILES string of the molecule is Cc1ccc2oc(CN3CCn4nc(CCC(=O)O)cc4C3)c(C)c2c1. The molecule has 0 unspecified atom stereocenters. The van der Waals surface area contributed by atoms with Crippen LogP contribution in [-0.4, -0.2) is 32.3 Å². The summed E-state index contributed by atoms with van der Waals surface area (Å²) in [6, 6.07) is 8.33. The molecule has 3 aromatic rings. The van der Waals surface area contributed by atoms with E-state index in [1.165, 1.54) is 16.5 Å². The number of aryl methyl sites for hydroxylation is 3. The third-order valence-electron chi connectivity index (χ3n) is 5.08. The van der Waals surface area contributed by atoms with E-state index in [1.54, 1.807) is 0 Å². The summed E-state index contributed by atoms with van der Waals surface area (Å²) in [4.78, 5) is 13.1. The Bertz CT molecular complexity index is 970. The van der Waals surface area contributed by atoms with Gasteiger partial charge >= 0.3 is 5.97 Å². The summed E-state index contributed by atoms with van der Waals surface area (Å²) < 4.78 is 8.09. The molecule has 0 spiro atoms. The van der Waals surface area contributed by atoms with Gasteiger partial charge in [-0.15, -0.1) is 0 Å². The highest BCUT2D eigenvalue weighted by Crippen LogP contribution is 2.28. The van der Waals surface area contributed by atoms with E-state index in [0.717, 1.165) is 48.9 Å². The largest absolute Gasteiger partial charge is 0.481 e. The molecule has 1 aromatic carbocycles. The molecule has 136 valence electrons. The monoisotopic (exact) mass is 353 g/mol. The lowest BCUT2D eigenvalue weighted by Gasteiger charge is -2.26. The maximum atomic E-state index is 10.7. The number of nitrogens with zero attached hydrogens (tertiary/aromatic N) is 3. The third-order valence-corrected chi connectivity index (χ3v) is 5.08. The van der Waals surface area contributed by atoms with Crippen molar-refractivity contribution in [1.82, 2.24) is 14.7 Å². The van der Waals surface area contributed by atoms with Crippen LogP contribution in [0, 0.1) is 13.8 Å². The van der Waals surface area contributed by atoms with E-state index in [-0.39, 0.29) is 6.42 Å². The first-order valence-corrected chi connectivity index (χ1v) is 8.98. The van der Waals surface area contributed by atoms with Gasteiger partial charge in [-0.25, -0.2) is 0 Å². The van der Waals surface area contributed by atoms with Crippen molar-refractivity contribution in [3.8, 4) is 0 Å². The Morgan fingerprint density at radius 2 is 2.12 bits per heavy atom. The molecule has 0 saturated carbocycles. The standard InChI is InChI=1S/C20H23N3O3/c1-13-3-5-18-17(9-13)14(2)19(26-18)12-22-7-8-23-16(11-22)10-15(21-23)4-6-20(24)25/h3,5,9-10H,4,6-8,11-12H2,1-2H3,(H,24,25). The highest BCUT2D eigenvalue weighted by atomic mass is 16.4. The van der Waals surface area contributed by atoms with Crippen LogP contribution in [0.4, 0.5) is 0 Å². The van der Waals surface area contributed by atoms with Gasteiger partial charge in [0.1, 0.15) is 11.3 Å². The number of benzene rings is 1. The molecule has 3 heterocycles. The quantitative estimate of drug-likeness (QED) is 0.762. The van der Waals surface area contributed by atoms with Crippen molar-refractivity contribution in [2.75, 3.05) is 6.54 Å². The Morgan fingerprint density at radius 3 is 2.92 bits per heavy atom. The molecule has 0 atom stereocenters. The van der Waals surface area contributed by atoms with Gasteiger partial charge in [-0.2, -0.15) is 5.10 Å². The molecule has 1 aliphatic rings. The van der Waals surface area contributed by atoms with Crippen LogP contribution in [0.1, 0.15) is 34.7 Å². The summed E-state index contributed by atoms with van der Waals surface area (Å²) >= 11 is 0. The van der Waals surface area contributed by atoms with Crippen LogP contribution in [0.5, 0.6) is 0 Å². The minimum atomic E-state index is -0.784. The maximum Gasteiger partial charge on any atom is 0.303 e. The molecule has 26 heavy (non-hydrogen) atoms. The topological polar surface area (TPSA) is 71.5 Å². The molecule has 0 amide bonds. The first-order valence-electron chi connectivity index (χ1n) is 8.98. The molecule has 0 radical (unpaired) electrons. The molecule has 1 N–H and O–H groups in total. The Morgan fingerprint density at radius 1 is 1.27 bits per heavy atom. The van der Waals surface area contributed by atoms with Crippen LogP contribution in [-0.2, 0) is 30.8 Å². The molecule has 2 aromatic heterocycles. The average Bonchev–Trinajstić information content (AvgIpc) is 3.14. The number of aromatic nitrogens is 2. The van der Waals surface area contributed by atoms with Gasteiger partial charge in [-0.05, 0) is 37.6 Å². The molecule has 0 fully saturated rings. The second-order valence-electron chi connectivity index (χ2n) is 7.10. The second kappa shape index (κ2) is 6.61. The number of carboxylic acids is 1. The Hall–Kier alpha value is -2.60. The number of furan rings is 1. The predicted octanol–water partition coefficient (Wildman–Crippen LogP) is 3.28. The first kappa shape index (κ1) is 16.8. The van der Waals surface area contributed by atoms with Gasteiger partial charge < -0.3 is 9.52 Å². The number of aliphatic carboxylic acids is 1. The Balaban J connectivity index is 1.49. The van der Waals surface area contributed by atoms with E-state index in [1.807, 2.05) is 16.8 Å². The number of carbonyl (C=O) groups is 1. The van der Waals surface area contributed by atoms with Gasteiger partial charge in [0, 0.05) is 24.9 Å². The van der Waals surface area contributed by atoms with Crippen LogP contribution >= 0.6 is 0 Å². The zero-order valence-electron chi connectivity index (χ0n) is 15.2. The molecule has 0 aliphatic carbocycles. The summed E-state index contributed by atoms with van der Waals surface area (Å²) in [7, 11) is 0. The second-order valence-corrected chi connectivity index (χ2v) is 7.10. The van der Waals surface area contributed by atoms with E-state index in [9.17, 15) is 4.79 Å². The first-order chi connectivity index (χ1) is 12.5. The van der Waals surface area contributed by atoms with Crippen molar-refractivity contribution in [1.29, 1.82) is 0 Å². The fourth-order valence-electron chi connectivity index (χ4n) is 3.61. The van der Waals surface area contributed by atoms with Gasteiger partial charge in [0.2, 0.25) is 0 Å². The number of fused-ring (bicyclic) bond motifs is 2. The molecular formula is C20H23N3O3. The van der Waals surface area contributed by atoms with Crippen molar-refractivity contribution in [2.24, 2.45) is 0 Å². The summed E-state index contributed by atoms with van der Waals surface area (Å²) in [6.07, 6.45) is 0.606. The van der Waals surface area contributed by atoms with Gasteiger partial charge in [-0.1, -0.05) is 11.6 Å². The van der Waals surface area contributed by atoms with Crippen molar-refractivity contribution in [3.63, 3.8) is 0 Å². The number of hydrogen-bond donors (Lipinski definition) is 1. The lowest BCUT2D eigenvalue weighted by Crippen LogP contribution is -2.33. The minimum absolute atomic E-state index is 0.123. The van der Waals surface area contributed by atoms with Gasteiger partial charge in [0.15, 0.2) is 0 Å². The third kappa shape index (κ3) is 3.24. The maximum absolute atomic E-state index is 10.7. The van der Waals surface area contributed by atoms with E-state index in [2.05, 4.69) is 36.0 Å². The van der Waals surface area contributed by atoms with Crippen LogP contribution in [0.15, 0.2) is 28.7 Å². The van der Waals surface area contributed by atoms with Crippen molar-refractivity contribution in [3.05, 3.63) is 52.5 Å². The van der Waals surface area contributed by atoms with Crippen molar-refractivity contribution in [2.45, 2.75) is 46.3 Å². The highest BCUT2D eigenvalue weighted by Gasteiger charge is 2.21. The van der Waals surface area contributed by atoms with Gasteiger partial charge in [-0.3, -0.25) is 14.4 Å². The zero-order chi connectivity index (χ0) is 18.3. The lowest BCUT2D eigenvalue weighted by atomic mass is 10.1. The summed E-state index contributed by atoms with van der Waals surface area (Å²) in [5.41, 5.74) is 5.40. The Labute approximate surface area is 152 Å². The van der Waals surface area contributed by atoms with Crippen LogP contribution in [0.2, 0.25) is 0 Å². The Kier molecular flexibility index (Phi) is 4.28. The fourth-order valence-corrected chi connectivity index (χ4v) is 3.61.